The fourth-order valence-corrected chi connectivity index (χ4v) is 0.821. The fourth-order valence-electron chi connectivity index (χ4n) is 0.821. The number of hydrogen-bond acceptors (Lipinski definition) is 3. The van der Waals surface area contributed by atoms with Crippen LogP contribution in [-0.2, 0) is 4.74 Å². The molecule has 0 aliphatic carbocycles. The zero-order chi connectivity index (χ0) is 10.8. The summed E-state index contributed by atoms with van der Waals surface area (Å²) in [5, 5.41) is 11.9. The van der Waals surface area contributed by atoms with E-state index >= 15 is 0 Å². The van der Waals surface area contributed by atoms with Gasteiger partial charge in [0.05, 0.1) is 12.6 Å². The molecule has 0 aliphatic rings. The summed E-state index contributed by atoms with van der Waals surface area (Å²) in [4.78, 5) is 3.93. The SMILES string of the molecule is CCOCCCNC(N)=NCC(C)O.I. The lowest BCUT2D eigenvalue weighted by atomic mass is 10.4. The number of aliphatic hydroxyl groups excluding tert-OH is 1. The minimum atomic E-state index is -0.446. The predicted octanol–water partition coefficient (Wildman–Crippen LogP) is 0.316. The topological polar surface area (TPSA) is 79.9 Å². The van der Waals surface area contributed by atoms with Gasteiger partial charge in [-0.15, -0.1) is 24.0 Å². The summed E-state index contributed by atoms with van der Waals surface area (Å²) >= 11 is 0. The van der Waals surface area contributed by atoms with Gasteiger partial charge in [-0.2, -0.15) is 0 Å². The largest absolute Gasteiger partial charge is 0.391 e. The maximum absolute atomic E-state index is 8.93. The minimum Gasteiger partial charge on any atom is -0.391 e. The minimum absolute atomic E-state index is 0. The first-order valence-electron chi connectivity index (χ1n) is 4.96. The van der Waals surface area contributed by atoms with E-state index in [1.807, 2.05) is 6.92 Å². The third-order valence-corrected chi connectivity index (χ3v) is 1.50. The Bertz CT molecular complexity index is 165. The van der Waals surface area contributed by atoms with Crippen molar-refractivity contribution in [1.82, 2.24) is 5.32 Å². The first-order chi connectivity index (χ1) is 6.66. The summed E-state index contributed by atoms with van der Waals surface area (Å²) in [5.41, 5.74) is 5.52. The van der Waals surface area contributed by atoms with Gasteiger partial charge in [-0.1, -0.05) is 0 Å². The summed E-state index contributed by atoms with van der Waals surface area (Å²) < 4.78 is 5.15. The fraction of sp³-hybridized carbons (Fsp3) is 0.889. The van der Waals surface area contributed by atoms with E-state index in [-0.39, 0.29) is 24.0 Å². The van der Waals surface area contributed by atoms with Crippen molar-refractivity contribution >= 4 is 29.9 Å². The lowest BCUT2D eigenvalue weighted by molar-refractivity contribution is 0.145. The lowest BCUT2D eigenvalue weighted by Crippen LogP contribution is -2.33. The van der Waals surface area contributed by atoms with Gasteiger partial charge in [-0.25, -0.2) is 0 Å². The molecule has 1 atom stereocenters. The molecule has 5 nitrogen and oxygen atoms in total. The molecule has 0 aromatic rings. The number of aliphatic hydroxyl groups is 1. The Hall–Kier alpha value is -0.0800. The average Bonchev–Trinajstić information content (AvgIpc) is 2.14. The molecule has 1 unspecified atom stereocenters. The van der Waals surface area contributed by atoms with Gasteiger partial charge in [0.2, 0.25) is 0 Å². The van der Waals surface area contributed by atoms with Crippen molar-refractivity contribution in [3.05, 3.63) is 0 Å². The highest BCUT2D eigenvalue weighted by Crippen LogP contribution is 1.82. The number of ether oxygens (including phenoxy) is 1. The molecule has 0 aromatic carbocycles. The lowest BCUT2D eigenvalue weighted by Gasteiger charge is -2.06. The van der Waals surface area contributed by atoms with Crippen LogP contribution in [-0.4, -0.2) is 43.5 Å². The van der Waals surface area contributed by atoms with Gasteiger partial charge in [-0.05, 0) is 20.3 Å². The maximum atomic E-state index is 8.93. The van der Waals surface area contributed by atoms with Gasteiger partial charge < -0.3 is 20.9 Å². The zero-order valence-corrected chi connectivity index (χ0v) is 11.7. The van der Waals surface area contributed by atoms with Gasteiger partial charge in [0.15, 0.2) is 5.96 Å². The van der Waals surface area contributed by atoms with E-state index < -0.39 is 6.10 Å². The van der Waals surface area contributed by atoms with Crippen LogP contribution in [0.25, 0.3) is 0 Å². The number of rotatable bonds is 7. The van der Waals surface area contributed by atoms with Crippen molar-refractivity contribution in [2.75, 3.05) is 26.3 Å². The molecule has 4 N–H and O–H groups in total. The molecule has 0 heterocycles. The Morgan fingerprint density at radius 2 is 2.27 bits per heavy atom. The van der Waals surface area contributed by atoms with E-state index in [1.165, 1.54) is 0 Å². The molecule has 0 aromatic heterocycles. The van der Waals surface area contributed by atoms with Crippen molar-refractivity contribution in [3.63, 3.8) is 0 Å². The summed E-state index contributed by atoms with van der Waals surface area (Å²) in [6.07, 6.45) is 0.456. The van der Waals surface area contributed by atoms with Crippen molar-refractivity contribution in [2.24, 2.45) is 10.7 Å². The molecule has 0 aliphatic heterocycles. The molecule has 0 saturated carbocycles. The normalized spacial score (nSPS) is 13.1. The van der Waals surface area contributed by atoms with Crippen LogP contribution in [0.4, 0.5) is 0 Å². The average molecular weight is 331 g/mol. The molecule has 0 fully saturated rings. The van der Waals surface area contributed by atoms with E-state index in [4.69, 9.17) is 15.6 Å². The van der Waals surface area contributed by atoms with Crippen LogP contribution >= 0.6 is 24.0 Å². The maximum Gasteiger partial charge on any atom is 0.188 e. The molecular weight excluding hydrogens is 309 g/mol. The number of halogens is 1. The van der Waals surface area contributed by atoms with Gasteiger partial charge in [0.1, 0.15) is 0 Å². The monoisotopic (exact) mass is 331 g/mol. The Kier molecular flexibility index (Phi) is 13.8. The third kappa shape index (κ3) is 13.9. The van der Waals surface area contributed by atoms with Crippen molar-refractivity contribution < 1.29 is 9.84 Å². The number of hydrogen-bond donors (Lipinski definition) is 3. The van der Waals surface area contributed by atoms with Crippen molar-refractivity contribution in [3.8, 4) is 0 Å². The van der Waals surface area contributed by atoms with E-state index in [1.54, 1.807) is 6.92 Å². The van der Waals surface area contributed by atoms with Crippen LogP contribution in [0.5, 0.6) is 0 Å². The Morgan fingerprint density at radius 1 is 1.60 bits per heavy atom. The van der Waals surface area contributed by atoms with Gasteiger partial charge in [0, 0.05) is 19.8 Å². The number of nitrogens with one attached hydrogen (secondary N) is 1. The van der Waals surface area contributed by atoms with Gasteiger partial charge >= 0.3 is 0 Å². The summed E-state index contributed by atoms with van der Waals surface area (Å²) in [7, 11) is 0. The Balaban J connectivity index is 0. The van der Waals surface area contributed by atoms with E-state index in [0.717, 1.165) is 26.2 Å². The second-order valence-corrected chi connectivity index (χ2v) is 3.05. The number of nitrogens with zero attached hydrogens (tertiary/aromatic N) is 1. The summed E-state index contributed by atoms with van der Waals surface area (Å²) in [6.45, 7) is 6.19. The van der Waals surface area contributed by atoms with Gasteiger partial charge in [0.25, 0.3) is 0 Å². The third-order valence-electron chi connectivity index (χ3n) is 1.50. The molecule has 0 amide bonds. The molecule has 0 bridgehead atoms. The van der Waals surface area contributed by atoms with E-state index in [2.05, 4.69) is 10.3 Å². The number of guanidine groups is 1. The van der Waals surface area contributed by atoms with Crippen LogP contribution in [0.1, 0.15) is 20.3 Å². The highest BCUT2D eigenvalue weighted by Gasteiger charge is 1.94. The van der Waals surface area contributed by atoms with E-state index in [0.29, 0.717) is 12.5 Å². The second-order valence-electron chi connectivity index (χ2n) is 3.05. The summed E-state index contributed by atoms with van der Waals surface area (Å²) in [6, 6.07) is 0. The zero-order valence-electron chi connectivity index (χ0n) is 9.40. The molecule has 0 radical (unpaired) electrons. The molecule has 0 spiro atoms. The van der Waals surface area contributed by atoms with Crippen molar-refractivity contribution in [1.29, 1.82) is 0 Å². The van der Waals surface area contributed by atoms with Crippen LogP contribution in [0.2, 0.25) is 0 Å². The molecule has 6 heteroatoms. The summed E-state index contributed by atoms with van der Waals surface area (Å²) in [5.74, 6) is 0.377. The standard InChI is InChI=1S/C9H21N3O2.HI/c1-3-14-6-4-5-11-9(10)12-7-8(2)13;/h8,13H,3-7H2,1-2H3,(H3,10,11,12);1H. The predicted molar refractivity (Wildman–Crippen MR) is 72.7 cm³/mol. The molecule has 15 heavy (non-hydrogen) atoms. The van der Waals surface area contributed by atoms with Crippen molar-refractivity contribution in [2.45, 2.75) is 26.4 Å². The van der Waals surface area contributed by atoms with Gasteiger partial charge in [-0.3, -0.25) is 4.99 Å². The quantitative estimate of drug-likeness (QED) is 0.272. The first-order valence-corrected chi connectivity index (χ1v) is 4.96. The van der Waals surface area contributed by atoms with Crippen LogP contribution < -0.4 is 11.1 Å². The van der Waals surface area contributed by atoms with E-state index in [9.17, 15) is 0 Å². The number of nitrogens with two attached hydrogens (primary N) is 1. The molecule has 92 valence electrons. The molecular formula is C9H22IN3O2. The Morgan fingerprint density at radius 3 is 2.80 bits per heavy atom. The van der Waals surface area contributed by atoms with Crippen LogP contribution in [0.15, 0.2) is 4.99 Å². The van der Waals surface area contributed by atoms with Crippen LogP contribution in [0.3, 0.4) is 0 Å². The second kappa shape index (κ2) is 12.0. The molecule has 0 saturated heterocycles. The van der Waals surface area contributed by atoms with Crippen LogP contribution in [0, 0.1) is 0 Å². The smallest absolute Gasteiger partial charge is 0.188 e. The molecule has 0 rings (SSSR count). The number of aliphatic imine (C=N–C) groups is 1. The Labute approximate surface area is 108 Å². The highest BCUT2D eigenvalue weighted by molar-refractivity contribution is 14.0. The highest BCUT2D eigenvalue weighted by atomic mass is 127. The first kappa shape index (κ1) is 17.3.